The van der Waals surface area contributed by atoms with Crippen molar-refractivity contribution in [1.29, 1.82) is 0 Å². The maximum absolute atomic E-state index is 5.52. The van der Waals surface area contributed by atoms with E-state index in [1.807, 2.05) is 48.8 Å². The van der Waals surface area contributed by atoms with Crippen molar-refractivity contribution >= 4 is 46.4 Å². The summed E-state index contributed by atoms with van der Waals surface area (Å²) in [5.74, 6) is 2.36. The summed E-state index contributed by atoms with van der Waals surface area (Å²) in [5.41, 5.74) is 15.0. The minimum atomic E-state index is 0.784. The fraction of sp³-hybridized carbons (Fsp3) is 0.0652. The molecule has 8 bridgehead atoms. The number of rotatable bonds is 7. The van der Waals surface area contributed by atoms with Gasteiger partial charge >= 0.3 is 0 Å². The van der Waals surface area contributed by atoms with Crippen molar-refractivity contribution in [1.82, 2.24) is 19.9 Å². The van der Waals surface area contributed by atoms with Gasteiger partial charge in [-0.2, -0.15) is 0 Å². The number of hydrogen-bond acceptors (Lipinski definition) is 5. The lowest BCUT2D eigenvalue weighted by atomic mass is 10.0. The molecule has 0 aliphatic carbocycles. The minimum Gasteiger partial charge on any atom is -0.497 e. The van der Waals surface area contributed by atoms with Gasteiger partial charge in [0.15, 0.2) is 12.4 Å². The maximum atomic E-state index is 5.52. The Balaban J connectivity index is 1.44. The summed E-state index contributed by atoms with van der Waals surface area (Å²) in [7, 11) is 5.04. The number of methoxy groups -OCH3 is 3. The zero-order valence-corrected chi connectivity index (χ0v) is 30.0. The van der Waals surface area contributed by atoms with Crippen molar-refractivity contribution in [2.45, 2.75) is 0 Å². The molecule has 0 fully saturated rings. The Hall–Kier alpha value is -7.19. The number of H-pyrrole nitrogens is 3. The number of ether oxygens (including phenoxy) is 3. The molecule has 2 aliphatic rings. The van der Waals surface area contributed by atoms with Crippen LogP contribution in [-0.4, -0.2) is 41.3 Å². The first kappa shape index (κ1) is 32.7. The first-order valence-electron chi connectivity index (χ1n) is 17.7. The van der Waals surface area contributed by atoms with E-state index in [1.165, 1.54) is 0 Å². The van der Waals surface area contributed by atoms with E-state index in [9.17, 15) is 0 Å². The second-order valence-electron chi connectivity index (χ2n) is 13.0. The molecule has 2 aliphatic heterocycles. The van der Waals surface area contributed by atoms with Crippen molar-refractivity contribution in [3.8, 4) is 61.8 Å². The highest BCUT2D eigenvalue weighted by atomic mass is 16.5. The summed E-state index contributed by atoms with van der Waals surface area (Å²) in [6.45, 7) is 0. The first-order chi connectivity index (χ1) is 26.6. The van der Waals surface area contributed by atoms with Gasteiger partial charge in [-0.15, -0.1) is 0 Å². The maximum Gasteiger partial charge on any atom is 0.167 e. The fourth-order valence-electron chi connectivity index (χ4n) is 7.25. The van der Waals surface area contributed by atoms with E-state index >= 15 is 0 Å². The van der Waals surface area contributed by atoms with Gasteiger partial charge in [-0.05, 0) is 107 Å². The number of pyridine rings is 1. The van der Waals surface area contributed by atoms with E-state index in [4.69, 9.17) is 24.2 Å². The van der Waals surface area contributed by atoms with Crippen molar-refractivity contribution in [2.24, 2.45) is 0 Å². The molecule has 3 N–H and O–H groups in total. The molecule has 9 rings (SSSR count). The quantitative estimate of drug-likeness (QED) is 0.172. The molecule has 7 aromatic rings. The molecule has 0 saturated heterocycles. The van der Waals surface area contributed by atoms with Gasteiger partial charge < -0.3 is 24.2 Å². The lowest BCUT2D eigenvalue weighted by Gasteiger charge is -2.08. The molecule has 262 valence electrons. The first-order valence-corrected chi connectivity index (χ1v) is 17.7. The number of benzene rings is 3. The van der Waals surface area contributed by atoms with E-state index in [0.29, 0.717) is 0 Å². The average molecular weight is 707 g/mol. The Kier molecular flexibility index (Phi) is 8.32. The molecule has 0 unspecified atom stereocenters. The number of aromatic nitrogens is 5. The predicted molar refractivity (Wildman–Crippen MR) is 217 cm³/mol. The van der Waals surface area contributed by atoms with Crippen molar-refractivity contribution in [3.05, 3.63) is 144 Å². The molecular formula is C46H36N5O3+. The van der Waals surface area contributed by atoms with E-state index in [2.05, 4.69) is 112 Å². The van der Waals surface area contributed by atoms with Crippen LogP contribution in [0.1, 0.15) is 22.8 Å². The summed E-state index contributed by atoms with van der Waals surface area (Å²) in [6, 6.07) is 37.0. The number of aromatic amines is 3. The third-order valence-electron chi connectivity index (χ3n) is 9.90. The Bertz CT molecular complexity index is 2700. The number of nitrogens with one attached hydrogen (secondary N) is 3. The summed E-state index contributed by atoms with van der Waals surface area (Å²) < 4.78 is 16.6. The molecule has 0 atom stereocenters. The summed E-state index contributed by atoms with van der Waals surface area (Å²) >= 11 is 0. The van der Waals surface area contributed by atoms with Crippen LogP contribution in [0.2, 0.25) is 0 Å². The van der Waals surface area contributed by atoms with E-state index in [0.717, 1.165) is 107 Å². The van der Waals surface area contributed by atoms with E-state index in [-0.39, 0.29) is 0 Å². The molecule has 0 radical (unpaired) electrons. The zero-order chi connectivity index (χ0) is 36.6. The van der Waals surface area contributed by atoms with E-state index in [1.54, 1.807) is 21.3 Å². The topological polar surface area (TPSA) is 99.2 Å². The molecule has 8 nitrogen and oxygen atoms in total. The van der Waals surface area contributed by atoms with Gasteiger partial charge in [-0.1, -0.05) is 36.4 Å². The van der Waals surface area contributed by atoms with E-state index < -0.39 is 0 Å². The van der Waals surface area contributed by atoms with Crippen molar-refractivity contribution < 1.29 is 19.2 Å². The van der Waals surface area contributed by atoms with Gasteiger partial charge in [0.2, 0.25) is 0 Å². The lowest BCUT2D eigenvalue weighted by Crippen LogP contribution is -1.97. The van der Waals surface area contributed by atoms with Gasteiger partial charge in [0, 0.05) is 56.5 Å². The third-order valence-corrected chi connectivity index (χ3v) is 9.90. The highest BCUT2D eigenvalue weighted by molar-refractivity contribution is 5.99. The molecule has 4 aromatic heterocycles. The van der Waals surface area contributed by atoms with Crippen LogP contribution in [-0.2, 0) is 0 Å². The molecule has 0 amide bonds. The molecule has 6 heterocycles. The fourth-order valence-corrected chi connectivity index (χ4v) is 7.25. The van der Waals surface area contributed by atoms with Crippen molar-refractivity contribution in [2.75, 3.05) is 21.3 Å². The predicted octanol–water partition coefficient (Wildman–Crippen LogP) is 10.2. The normalized spacial score (nSPS) is 11.8. The summed E-state index contributed by atoms with van der Waals surface area (Å²) in [6.07, 6.45) is 12.3. The Labute approximate surface area is 312 Å². The Morgan fingerprint density at radius 3 is 0.926 bits per heavy atom. The second kappa shape index (κ2) is 13.7. The average Bonchev–Trinajstić information content (AvgIpc) is 4.07. The van der Waals surface area contributed by atoms with Gasteiger partial charge in [-0.3, -0.25) is 0 Å². The van der Waals surface area contributed by atoms with Gasteiger partial charge in [0.05, 0.1) is 44.1 Å². The van der Waals surface area contributed by atoms with Crippen LogP contribution in [0.15, 0.2) is 122 Å². The Morgan fingerprint density at radius 1 is 0.370 bits per heavy atom. The molecule has 0 saturated carbocycles. The standard InChI is InChI=1S/C46H35N5O3/c1-52-32-10-4-28(5-11-32)43-35-16-18-37(48-35)44(29-6-12-33(53-2)13-7-29)39-20-22-41(50-39)46(31-24-26-47-27-25-31)42-23-21-40(51-42)45(38-19-17-36(43)49-38)30-8-14-34(54-3)15-9-30/h4-27,48,51H,1-3H3/p+1. The smallest absolute Gasteiger partial charge is 0.167 e. The largest absolute Gasteiger partial charge is 0.497 e. The van der Waals surface area contributed by atoms with Crippen LogP contribution < -0.4 is 19.2 Å². The van der Waals surface area contributed by atoms with Gasteiger partial charge in [0.1, 0.15) is 17.2 Å². The van der Waals surface area contributed by atoms with Crippen LogP contribution in [0.5, 0.6) is 17.2 Å². The molecule has 0 spiro atoms. The third kappa shape index (κ3) is 5.89. The van der Waals surface area contributed by atoms with Crippen LogP contribution in [0.25, 0.3) is 90.9 Å². The number of nitrogens with zero attached hydrogens (tertiary/aromatic N) is 2. The van der Waals surface area contributed by atoms with Crippen LogP contribution in [0.3, 0.4) is 0 Å². The van der Waals surface area contributed by atoms with Crippen LogP contribution in [0.4, 0.5) is 0 Å². The Morgan fingerprint density at radius 2 is 0.648 bits per heavy atom. The van der Waals surface area contributed by atoms with Crippen molar-refractivity contribution in [3.63, 3.8) is 0 Å². The lowest BCUT2D eigenvalue weighted by molar-refractivity contribution is -0.377. The second-order valence-corrected chi connectivity index (χ2v) is 13.0. The SMILES string of the molecule is COc1ccc(-c2c3nc(c(-c4ccc(OC)cc4)c4ccc([nH]4)c(-c4ccc(OC)cc4)c4nc(c(-c5cc[nH+]cc5)c5ccc2[nH]5)C=C4)C=C3)cc1. The molecular weight excluding hydrogens is 671 g/mol. The minimum absolute atomic E-state index is 0.784. The van der Waals surface area contributed by atoms with Gasteiger partial charge in [-0.25, -0.2) is 15.0 Å². The monoisotopic (exact) mass is 706 g/mol. The van der Waals surface area contributed by atoms with Crippen LogP contribution in [0, 0.1) is 0 Å². The zero-order valence-electron chi connectivity index (χ0n) is 30.0. The van der Waals surface area contributed by atoms with Gasteiger partial charge in [0.25, 0.3) is 0 Å². The summed E-state index contributed by atoms with van der Waals surface area (Å²) in [4.78, 5) is 21.5. The van der Waals surface area contributed by atoms with Crippen LogP contribution >= 0.6 is 0 Å². The molecule has 3 aromatic carbocycles. The number of fused-ring (bicyclic) bond motifs is 8. The highest BCUT2D eigenvalue weighted by Gasteiger charge is 2.19. The molecule has 8 heteroatoms. The highest BCUT2D eigenvalue weighted by Crippen LogP contribution is 2.39. The summed E-state index contributed by atoms with van der Waals surface area (Å²) in [5, 5.41) is 0. The molecule has 54 heavy (non-hydrogen) atoms. The number of hydrogen-bond donors (Lipinski definition) is 2.